The number of hydrogen-bond acceptors (Lipinski definition) is 4. The van der Waals surface area contributed by atoms with E-state index in [-0.39, 0.29) is 17.4 Å². The predicted octanol–water partition coefficient (Wildman–Crippen LogP) is 2.33. The summed E-state index contributed by atoms with van der Waals surface area (Å²) in [6.45, 7) is 0.733. The molecule has 2 unspecified atom stereocenters. The van der Waals surface area contributed by atoms with E-state index in [2.05, 4.69) is 10.1 Å². The van der Waals surface area contributed by atoms with Gasteiger partial charge in [-0.15, -0.1) is 0 Å². The molecule has 0 radical (unpaired) electrons. The smallest absolute Gasteiger partial charge is 0.387 e. The van der Waals surface area contributed by atoms with Crippen LogP contribution in [0.5, 0.6) is 11.5 Å². The molecule has 0 fully saturated rings. The van der Waals surface area contributed by atoms with Gasteiger partial charge in [-0.05, 0) is 29.7 Å². The van der Waals surface area contributed by atoms with Crippen molar-refractivity contribution >= 4 is 17.9 Å². The number of methoxy groups -OCH3 is 1. The molecule has 0 aliphatic carbocycles. The van der Waals surface area contributed by atoms with Crippen LogP contribution in [-0.2, 0) is 9.59 Å². The topological polar surface area (TPSA) is 90.7 Å². The minimum absolute atomic E-state index is 0.0966. The molecule has 0 aliphatic heterocycles. The van der Waals surface area contributed by atoms with E-state index in [1.165, 1.54) is 37.5 Å². The number of hydrogen-bond donors (Lipinski definition) is 2. The molecule has 25 heavy (non-hydrogen) atoms. The summed E-state index contributed by atoms with van der Waals surface area (Å²) < 4.78 is 33.9. The number of alkyl halides is 2. The van der Waals surface area contributed by atoms with Gasteiger partial charge >= 0.3 is 6.61 Å². The minimum Gasteiger partial charge on any atom is -0.493 e. The standard InChI is InChI=1S/C17H22F2N2O4/c1-4-10(2)15(16(20)23)21-14(22)8-6-11-5-7-12(25-17(18)19)13(9-11)24-3/h5-10,15,17H,4H2,1-3H3,(H2,20,23)(H,21,22). The maximum atomic E-state index is 12.3. The van der Waals surface area contributed by atoms with Gasteiger partial charge in [-0.3, -0.25) is 9.59 Å². The number of benzene rings is 1. The van der Waals surface area contributed by atoms with Crippen molar-refractivity contribution in [3.63, 3.8) is 0 Å². The molecule has 3 N–H and O–H groups in total. The first kappa shape index (κ1) is 20.4. The molecule has 0 saturated heterocycles. The van der Waals surface area contributed by atoms with Crippen molar-refractivity contribution in [2.45, 2.75) is 32.9 Å². The van der Waals surface area contributed by atoms with Gasteiger partial charge in [0.05, 0.1) is 7.11 Å². The molecule has 0 aromatic heterocycles. The average molecular weight is 356 g/mol. The zero-order chi connectivity index (χ0) is 19.0. The predicted molar refractivity (Wildman–Crippen MR) is 89.2 cm³/mol. The molecular weight excluding hydrogens is 334 g/mol. The number of rotatable bonds is 9. The summed E-state index contributed by atoms with van der Waals surface area (Å²) in [7, 11) is 1.32. The summed E-state index contributed by atoms with van der Waals surface area (Å²) in [5, 5.41) is 2.55. The van der Waals surface area contributed by atoms with Gasteiger partial charge in [0, 0.05) is 6.08 Å². The number of carbonyl (C=O) groups excluding carboxylic acids is 2. The van der Waals surface area contributed by atoms with Crippen LogP contribution < -0.4 is 20.5 Å². The van der Waals surface area contributed by atoms with Crippen LogP contribution in [0.2, 0.25) is 0 Å². The SMILES string of the molecule is CCC(C)C(NC(=O)C=Cc1ccc(OC(F)F)c(OC)c1)C(N)=O. The first-order valence-corrected chi connectivity index (χ1v) is 7.69. The molecule has 1 aromatic carbocycles. The highest BCUT2D eigenvalue weighted by Gasteiger charge is 2.22. The fraction of sp³-hybridized carbons (Fsp3) is 0.412. The van der Waals surface area contributed by atoms with Crippen LogP contribution in [0.3, 0.4) is 0 Å². The van der Waals surface area contributed by atoms with Crippen LogP contribution in [0.4, 0.5) is 8.78 Å². The lowest BCUT2D eigenvalue weighted by Crippen LogP contribution is -2.47. The average Bonchev–Trinajstić information content (AvgIpc) is 2.57. The van der Waals surface area contributed by atoms with Crippen molar-refractivity contribution in [1.29, 1.82) is 0 Å². The Hall–Kier alpha value is -2.64. The van der Waals surface area contributed by atoms with E-state index >= 15 is 0 Å². The summed E-state index contributed by atoms with van der Waals surface area (Å²) in [5.41, 5.74) is 5.83. The van der Waals surface area contributed by atoms with Gasteiger partial charge in [0.2, 0.25) is 11.8 Å². The Morgan fingerprint density at radius 2 is 2.00 bits per heavy atom. The van der Waals surface area contributed by atoms with Crippen molar-refractivity contribution in [3.05, 3.63) is 29.8 Å². The molecule has 0 bridgehead atoms. The van der Waals surface area contributed by atoms with Crippen LogP contribution in [0.25, 0.3) is 6.08 Å². The van der Waals surface area contributed by atoms with Crippen molar-refractivity contribution in [2.24, 2.45) is 11.7 Å². The first-order chi connectivity index (χ1) is 11.8. The van der Waals surface area contributed by atoms with Crippen LogP contribution in [0.15, 0.2) is 24.3 Å². The first-order valence-electron chi connectivity index (χ1n) is 7.69. The van der Waals surface area contributed by atoms with Gasteiger partial charge in [0.15, 0.2) is 11.5 Å². The number of carbonyl (C=O) groups is 2. The lowest BCUT2D eigenvalue weighted by molar-refractivity contribution is -0.126. The molecular formula is C17H22F2N2O4. The second-order valence-electron chi connectivity index (χ2n) is 5.40. The number of ether oxygens (including phenoxy) is 2. The number of halogens is 2. The fourth-order valence-corrected chi connectivity index (χ4v) is 2.08. The van der Waals surface area contributed by atoms with Crippen molar-refractivity contribution in [3.8, 4) is 11.5 Å². The van der Waals surface area contributed by atoms with Crippen LogP contribution in [0.1, 0.15) is 25.8 Å². The molecule has 6 nitrogen and oxygen atoms in total. The van der Waals surface area contributed by atoms with Crippen LogP contribution in [0, 0.1) is 5.92 Å². The molecule has 2 amide bonds. The second kappa shape index (κ2) is 9.61. The Labute approximate surface area is 145 Å². The molecule has 1 aromatic rings. The van der Waals surface area contributed by atoms with Crippen molar-refractivity contribution < 1.29 is 27.8 Å². The Balaban J connectivity index is 2.83. The van der Waals surface area contributed by atoms with Gasteiger partial charge in [-0.25, -0.2) is 0 Å². The Bertz CT molecular complexity index is 635. The molecule has 0 heterocycles. The van der Waals surface area contributed by atoms with Gasteiger partial charge in [-0.2, -0.15) is 8.78 Å². The third kappa shape index (κ3) is 6.40. The van der Waals surface area contributed by atoms with Crippen molar-refractivity contribution in [1.82, 2.24) is 5.32 Å². The van der Waals surface area contributed by atoms with Gasteiger partial charge < -0.3 is 20.5 Å². The van der Waals surface area contributed by atoms with E-state index < -0.39 is 24.5 Å². The van der Waals surface area contributed by atoms with E-state index in [1.54, 1.807) is 0 Å². The number of nitrogens with two attached hydrogens (primary N) is 1. The highest BCUT2D eigenvalue weighted by molar-refractivity contribution is 5.95. The van der Waals surface area contributed by atoms with Gasteiger partial charge in [0.1, 0.15) is 6.04 Å². The normalized spacial score (nSPS) is 13.5. The second-order valence-corrected chi connectivity index (χ2v) is 5.40. The lowest BCUT2D eigenvalue weighted by atomic mass is 9.98. The van der Waals surface area contributed by atoms with Crippen LogP contribution >= 0.6 is 0 Å². The molecule has 0 aliphatic rings. The molecule has 2 atom stereocenters. The molecule has 0 saturated carbocycles. The number of primary amides is 1. The van der Waals surface area contributed by atoms with E-state index in [0.717, 1.165) is 0 Å². The lowest BCUT2D eigenvalue weighted by Gasteiger charge is -2.20. The fourth-order valence-electron chi connectivity index (χ4n) is 2.08. The Morgan fingerprint density at radius 3 is 2.52 bits per heavy atom. The van der Waals surface area contributed by atoms with E-state index in [9.17, 15) is 18.4 Å². The summed E-state index contributed by atoms with van der Waals surface area (Å²) >= 11 is 0. The zero-order valence-corrected chi connectivity index (χ0v) is 14.3. The van der Waals surface area contributed by atoms with Crippen molar-refractivity contribution in [2.75, 3.05) is 7.11 Å². The summed E-state index contributed by atoms with van der Waals surface area (Å²) in [4.78, 5) is 23.4. The maximum Gasteiger partial charge on any atom is 0.387 e. The largest absolute Gasteiger partial charge is 0.493 e. The third-order valence-corrected chi connectivity index (χ3v) is 3.65. The van der Waals surface area contributed by atoms with Crippen LogP contribution in [-0.4, -0.2) is 31.6 Å². The monoisotopic (exact) mass is 356 g/mol. The maximum absolute atomic E-state index is 12.3. The number of nitrogens with one attached hydrogen (secondary N) is 1. The van der Waals surface area contributed by atoms with E-state index in [0.29, 0.717) is 12.0 Å². The summed E-state index contributed by atoms with van der Waals surface area (Å²) in [6, 6.07) is 3.48. The summed E-state index contributed by atoms with van der Waals surface area (Å²) in [5.74, 6) is -1.19. The van der Waals surface area contributed by atoms with Gasteiger partial charge in [0.25, 0.3) is 0 Å². The highest BCUT2D eigenvalue weighted by atomic mass is 19.3. The highest BCUT2D eigenvalue weighted by Crippen LogP contribution is 2.29. The Morgan fingerprint density at radius 1 is 1.32 bits per heavy atom. The summed E-state index contributed by atoms with van der Waals surface area (Å²) in [6.07, 6.45) is 3.36. The minimum atomic E-state index is -2.97. The number of amides is 2. The Kier molecular flexibility index (Phi) is 7.84. The molecule has 1 rings (SSSR count). The molecule has 0 spiro atoms. The van der Waals surface area contributed by atoms with Gasteiger partial charge in [-0.1, -0.05) is 26.3 Å². The molecule has 8 heteroatoms. The molecule has 138 valence electrons. The third-order valence-electron chi connectivity index (χ3n) is 3.65. The zero-order valence-electron chi connectivity index (χ0n) is 14.3. The van der Waals surface area contributed by atoms with E-state index in [4.69, 9.17) is 10.5 Å². The van der Waals surface area contributed by atoms with E-state index in [1.807, 2.05) is 13.8 Å². The quantitative estimate of drug-likeness (QED) is 0.665.